The van der Waals surface area contributed by atoms with Crippen molar-refractivity contribution in [1.29, 1.82) is 0 Å². The van der Waals surface area contributed by atoms with E-state index in [9.17, 15) is 22.8 Å². The topological polar surface area (TPSA) is 61.9 Å². The highest BCUT2D eigenvalue weighted by molar-refractivity contribution is 6.33. The third-order valence-electron chi connectivity index (χ3n) is 8.77. The molecule has 2 aromatic carbocycles. The Morgan fingerprint density at radius 2 is 1.93 bits per heavy atom. The smallest absolute Gasteiger partial charge is 0.404 e. The van der Waals surface area contributed by atoms with Gasteiger partial charge in [-0.15, -0.1) is 0 Å². The lowest BCUT2D eigenvalue weighted by Crippen LogP contribution is -2.39. The van der Waals surface area contributed by atoms with E-state index in [4.69, 9.17) is 16.3 Å². The van der Waals surface area contributed by atoms with Gasteiger partial charge in [0.15, 0.2) is 12.2 Å². The molecule has 1 saturated heterocycles. The van der Waals surface area contributed by atoms with Crippen LogP contribution in [0.5, 0.6) is 5.75 Å². The normalized spacial score (nSPS) is 20.1. The van der Waals surface area contributed by atoms with Crippen LogP contribution in [-0.4, -0.2) is 70.2 Å². The van der Waals surface area contributed by atoms with Crippen molar-refractivity contribution in [3.05, 3.63) is 58.6 Å². The molecule has 2 atom stereocenters. The second kappa shape index (κ2) is 13.0. The molecule has 0 bridgehead atoms. The van der Waals surface area contributed by atoms with E-state index in [2.05, 4.69) is 10.2 Å². The van der Waals surface area contributed by atoms with Gasteiger partial charge in [-0.3, -0.25) is 9.59 Å². The number of nitrogens with zero attached hydrogens (tertiary/aromatic N) is 2. The Morgan fingerprint density at radius 3 is 2.46 bits per heavy atom. The van der Waals surface area contributed by atoms with Gasteiger partial charge in [-0.05, 0) is 92.8 Å². The fourth-order valence-corrected chi connectivity index (χ4v) is 6.04. The number of anilines is 1. The van der Waals surface area contributed by atoms with Crippen LogP contribution in [0.2, 0.25) is 5.02 Å². The van der Waals surface area contributed by atoms with Crippen molar-refractivity contribution in [2.45, 2.75) is 56.7 Å². The molecule has 41 heavy (non-hydrogen) atoms. The molecule has 1 heterocycles. The minimum atomic E-state index is -4.70. The summed E-state index contributed by atoms with van der Waals surface area (Å²) in [6, 6.07) is 11.9. The molecule has 1 N–H and O–H groups in total. The standard InChI is InChI=1S/C27H30ClF3N2O3.C4H9N/c1-32(25(35)24(27(29,30)31)18-4-3-5-22(14-18)36-2)11-8-20-16-26(20)9-12-33(13-10-26)21-7-6-19(17-34)23(28)15-21;1-5-4-2-3-4/h3-7,14-15,17,20,24H,8-13,16H2,1-2H3;4-5H,2-3H2,1H3. The Kier molecular flexibility index (Phi) is 9.90. The zero-order valence-corrected chi connectivity index (χ0v) is 24.6. The van der Waals surface area contributed by atoms with Gasteiger partial charge < -0.3 is 19.9 Å². The SMILES string of the molecule is CNC1CC1.COc1cccc(C(C(=O)N(C)CCC2CC23CCN(c2ccc(C=O)c(Cl)c2)CC3)C(F)(F)F)c1. The van der Waals surface area contributed by atoms with Crippen LogP contribution in [0.3, 0.4) is 0 Å². The van der Waals surface area contributed by atoms with Crippen molar-refractivity contribution in [2.75, 3.05) is 45.7 Å². The number of alkyl halides is 3. The minimum absolute atomic E-state index is 0.116. The summed E-state index contributed by atoms with van der Waals surface area (Å²) >= 11 is 6.17. The van der Waals surface area contributed by atoms with Gasteiger partial charge in [0.25, 0.3) is 0 Å². The zero-order chi connectivity index (χ0) is 29.8. The van der Waals surface area contributed by atoms with Gasteiger partial charge in [0, 0.05) is 44.0 Å². The summed E-state index contributed by atoms with van der Waals surface area (Å²) in [5.74, 6) is -2.48. The third kappa shape index (κ3) is 7.74. The van der Waals surface area contributed by atoms with Crippen LogP contribution in [0, 0.1) is 11.3 Å². The monoisotopic (exact) mass is 593 g/mol. The number of halogens is 4. The lowest BCUT2D eigenvalue weighted by Gasteiger charge is -2.35. The number of ether oxygens (including phenoxy) is 1. The van der Waals surface area contributed by atoms with E-state index in [0.29, 0.717) is 22.9 Å². The molecule has 10 heteroatoms. The fourth-order valence-electron chi connectivity index (χ4n) is 5.82. The summed E-state index contributed by atoms with van der Waals surface area (Å²) in [5.41, 5.74) is 1.53. The van der Waals surface area contributed by atoms with Crippen LogP contribution in [0.1, 0.15) is 60.4 Å². The van der Waals surface area contributed by atoms with Crippen molar-refractivity contribution in [1.82, 2.24) is 10.2 Å². The number of hydrogen-bond donors (Lipinski definition) is 1. The largest absolute Gasteiger partial charge is 0.497 e. The number of rotatable bonds is 9. The summed E-state index contributed by atoms with van der Waals surface area (Å²) < 4.78 is 46.7. The summed E-state index contributed by atoms with van der Waals surface area (Å²) in [6.07, 6.45) is 2.53. The van der Waals surface area contributed by atoms with E-state index in [1.165, 1.54) is 50.1 Å². The summed E-state index contributed by atoms with van der Waals surface area (Å²) in [7, 11) is 4.84. The predicted molar refractivity (Wildman–Crippen MR) is 155 cm³/mol. The van der Waals surface area contributed by atoms with Crippen LogP contribution in [0.25, 0.3) is 0 Å². The highest BCUT2D eigenvalue weighted by Crippen LogP contribution is 2.61. The van der Waals surface area contributed by atoms with Gasteiger partial charge in [-0.25, -0.2) is 0 Å². The molecule has 0 aromatic heterocycles. The van der Waals surface area contributed by atoms with Crippen molar-refractivity contribution in [3.63, 3.8) is 0 Å². The van der Waals surface area contributed by atoms with Gasteiger partial charge in [0.2, 0.25) is 5.91 Å². The van der Waals surface area contributed by atoms with E-state index >= 15 is 0 Å². The van der Waals surface area contributed by atoms with E-state index in [-0.39, 0.29) is 23.3 Å². The van der Waals surface area contributed by atoms with Crippen LogP contribution >= 0.6 is 11.6 Å². The van der Waals surface area contributed by atoms with Gasteiger partial charge in [-0.1, -0.05) is 23.7 Å². The highest BCUT2D eigenvalue weighted by Gasteiger charge is 2.54. The van der Waals surface area contributed by atoms with Crippen molar-refractivity contribution >= 4 is 29.5 Å². The number of amides is 1. The molecule has 2 aliphatic carbocycles. The Balaban J connectivity index is 0.000000699. The van der Waals surface area contributed by atoms with Crippen molar-refractivity contribution < 1.29 is 27.5 Å². The van der Waals surface area contributed by atoms with Crippen LogP contribution < -0.4 is 15.0 Å². The third-order valence-corrected chi connectivity index (χ3v) is 9.10. The number of methoxy groups -OCH3 is 1. The fraction of sp³-hybridized carbons (Fsp3) is 0.548. The average Bonchev–Trinajstić information content (AvgIpc) is 3.89. The quantitative estimate of drug-likeness (QED) is 0.344. The average molecular weight is 594 g/mol. The van der Waals surface area contributed by atoms with Crippen molar-refractivity contribution in [2.24, 2.45) is 11.3 Å². The van der Waals surface area contributed by atoms with Crippen LogP contribution in [-0.2, 0) is 4.79 Å². The number of benzene rings is 2. The summed E-state index contributed by atoms with van der Waals surface area (Å²) in [4.78, 5) is 27.4. The van der Waals surface area contributed by atoms with Crippen LogP contribution in [0.15, 0.2) is 42.5 Å². The lowest BCUT2D eigenvalue weighted by molar-refractivity contribution is -0.171. The maximum Gasteiger partial charge on any atom is 0.404 e. The lowest BCUT2D eigenvalue weighted by atomic mass is 9.89. The highest BCUT2D eigenvalue weighted by atomic mass is 35.5. The van der Waals surface area contributed by atoms with Gasteiger partial charge in [0.05, 0.1) is 12.1 Å². The second-order valence-corrected chi connectivity index (χ2v) is 11.8. The first-order valence-electron chi connectivity index (χ1n) is 14.1. The van der Waals surface area contributed by atoms with Gasteiger partial charge in [-0.2, -0.15) is 13.2 Å². The van der Waals surface area contributed by atoms with E-state index in [0.717, 1.165) is 50.4 Å². The Morgan fingerprint density at radius 1 is 1.22 bits per heavy atom. The number of piperidine rings is 1. The molecule has 1 spiro atoms. The number of hydrogen-bond acceptors (Lipinski definition) is 5. The molecule has 0 radical (unpaired) electrons. The van der Waals surface area contributed by atoms with Gasteiger partial charge in [0.1, 0.15) is 5.75 Å². The minimum Gasteiger partial charge on any atom is -0.497 e. The maximum atomic E-state index is 13.9. The predicted octanol–water partition coefficient (Wildman–Crippen LogP) is 6.33. The molecule has 2 aromatic rings. The molecule has 224 valence electrons. The van der Waals surface area contributed by atoms with E-state index in [1.807, 2.05) is 19.2 Å². The number of likely N-dealkylation sites (N-methyl/N-ethyl adjacent to an activating group) is 1. The number of aldehydes is 1. The number of carbonyl (C=O) groups is 2. The number of carbonyl (C=O) groups excluding carboxylic acids is 2. The molecule has 1 amide bonds. The molecule has 3 fully saturated rings. The van der Waals surface area contributed by atoms with Crippen molar-refractivity contribution in [3.8, 4) is 5.75 Å². The summed E-state index contributed by atoms with van der Waals surface area (Å²) in [5, 5.41) is 3.57. The Bertz CT molecular complexity index is 1210. The molecule has 6 nitrogen and oxygen atoms in total. The zero-order valence-electron chi connectivity index (χ0n) is 23.8. The van der Waals surface area contributed by atoms with Crippen LogP contribution in [0.4, 0.5) is 18.9 Å². The number of nitrogens with one attached hydrogen (secondary N) is 1. The Hall–Kier alpha value is -2.78. The first kappa shape index (κ1) is 31.2. The molecule has 3 aliphatic rings. The molecular formula is C31H39ClF3N3O3. The molecular weight excluding hydrogens is 555 g/mol. The first-order chi connectivity index (χ1) is 19.5. The molecule has 2 unspecified atom stereocenters. The molecule has 5 rings (SSSR count). The van der Waals surface area contributed by atoms with E-state index in [1.54, 1.807) is 12.1 Å². The van der Waals surface area contributed by atoms with E-state index < -0.39 is 18.0 Å². The maximum absolute atomic E-state index is 13.9. The second-order valence-electron chi connectivity index (χ2n) is 11.4. The molecule has 2 saturated carbocycles. The first-order valence-corrected chi connectivity index (χ1v) is 14.5. The molecule has 1 aliphatic heterocycles. The van der Waals surface area contributed by atoms with Gasteiger partial charge >= 0.3 is 6.18 Å². The Labute approximate surface area is 245 Å². The summed E-state index contributed by atoms with van der Waals surface area (Å²) in [6.45, 7) is 2.00.